The van der Waals surface area contributed by atoms with E-state index in [9.17, 15) is 18.0 Å². The van der Waals surface area contributed by atoms with Crippen LogP contribution in [0.2, 0.25) is 0 Å². The molecule has 2 rings (SSSR count). The van der Waals surface area contributed by atoms with Gasteiger partial charge in [0, 0.05) is 12.1 Å². The van der Waals surface area contributed by atoms with Crippen LogP contribution >= 0.6 is 0 Å². The van der Waals surface area contributed by atoms with Crippen molar-refractivity contribution >= 4 is 21.4 Å². The molecular formula is C17H25NO5S. The van der Waals surface area contributed by atoms with Crippen LogP contribution in [0.3, 0.4) is 0 Å². The number of sulfone groups is 1. The Kier molecular flexibility index (Phi) is 6.21. The molecule has 0 aromatic carbocycles. The molecule has 1 N–H and O–H groups in total. The van der Waals surface area contributed by atoms with Crippen molar-refractivity contribution in [3.8, 4) is 0 Å². The Morgan fingerprint density at radius 2 is 1.71 bits per heavy atom. The van der Waals surface area contributed by atoms with Crippen LogP contribution < -0.4 is 5.32 Å². The molecule has 1 heterocycles. The molecule has 0 saturated carbocycles. The summed E-state index contributed by atoms with van der Waals surface area (Å²) in [6.07, 6.45) is 6.80. The summed E-state index contributed by atoms with van der Waals surface area (Å²) >= 11 is 0. The fourth-order valence-electron chi connectivity index (χ4n) is 3.11. The van der Waals surface area contributed by atoms with E-state index in [1.165, 1.54) is 20.0 Å². The summed E-state index contributed by atoms with van der Waals surface area (Å²) in [7, 11) is -2.43. The van der Waals surface area contributed by atoms with Gasteiger partial charge in [-0.05, 0) is 12.8 Å². The van der Waals surface area contributed by atoms with Crippen LogP contribution in [0.4, 0.5) is 0 Å². The number of rotatable bonds is 8. The molecule has 7 heteroatoms. The molecule has 0 saturated heterocycles. The van der Waals surface area contributed by atoms with E-state index < -0.39 is 26.3 Å². The predicted octanol–water partition coefficient (Wildman–Crippen LogP) is 2.02. The van der Waals surface area contributed by atoms with Gasteiger partial charge in [-0.1, -0.05) is 39.0 Å². The summed E-state index contributed by atoms with van der Waals surface area (Å²) in [5.74, 6) is -1.41. The first-order chi connectivity index (χ1) is 11.4. The minimum Gasteiger partial charge on any atom is -0.492 e. The second-order valence-electron chi connectivity index (χ2n) is 6.14. The number of carbonyl (C=O) groups is 2. The molecule has 0 fully saturated rings. The number of methoxy groups -OCH3 is 1. The van der Waals surface area contributed by atoms with Crippen LogP contribution in [0.1, 0.15) is 51.9 Å². The van der Waals surface area contributed by atoms with Gasteiger partial charge in [0.25, 0.3) is 0 Å². The first-order valence-electron chi connectivity index (χ1n) is 8.51. The van der Waals surface area contributed by atoms with Crippen LogP contribution in [-0.4, -0.2) is 39.4 Å². The van der Waals surface area contributed by atoms with Crippen LogP contribution in [0.15, 0.2) is 21.9 Å². The quantitative estimate of drug-likeness (QED) is 0.529. The minimum atomic E-state index is -3.74. The van der Waals surface area contributed by atoms with Crippen LogP contribution in [0.5, 0.6) is 0 Å². The number of hydrogen-bond donors (Lipinski definition) is 1. The Balaban J connectivity index is 2.16. The zero-order valence-electron chi connectivity index (χ0n) is 14.3. The Hall–Kier alpha value is -1.63. The highest BCUT2D eigenvalue weighted by molar-refractivity contribution is 7.96. The Morgan fingerprint density at radius 1 is 1.04 bits per heavy atom. The number of ether oxygens (including phenoxy) is 1. The summed E-state index contributed by atoms with van der Waals surface area (Å²) in [5.41, 5.74) is 0.217. The maximum absolute atomic E-state index is 12.7. The normalized spacial score (nSPS) is 20.1. The second kappa shape index (κ2) is 7.96. The predicted molar refractivity (Wildman–Crippen MR) is 90.9 cm³/mol. The van der Waals surface area contributed by atoms with Crippen LogP contribution in [0, 0.1) is 0 Å². The molecule has 0 bridgehead atoms. The van der Waals surface area contributed by atoms with Crippen molar-refractivity contribution in [2.75, 3.05) is 19.4 Å². The third-order valence-electron chi connectivity index (χ3n) is 4.38. The van der Waals surface area contributed by atoms with Crippen LogP contribution in [0.25, 0.3) is 0 Å². The molecule has 2 aliphatic rings. The maximum Gasteiger partial charge on any atom is 0.241 e. The highest BCUT2D eigenvalue weighted by Gasteiger charge is 2.43. The smallest absolute Gasteiger partial charge is 0.241 e. The SMILES string of the molecule is CCCCCCCCC1=C(OC)C(=O)C2=C(NCCS2(=O)=O)C1=O. The highest BCUT2D eigenvalue weighted by atomic mass is 32.2. The average Bonchev–Trinajstić information content (AvgIpc) is 2.54. The molecule has 6 nitrogen and oxygen atoms in total. The van der Waals surface area contributed by atoms with E-state index in [1.54, 1.807) is 0 Å². The van der Waals surface area contributed by atoms with Crippen molar-refractivity contribution in [2.45, 2.75) is 51.9 Å². The Morgan fingerprint density at radius 3 is 2.38 bits per heavy atom. The van der Waals surface area contributed by atoms with Gasteiger partial charge in [-0.15, -0.1) is 0 Å². The Labute approximate surface area is 143 Å². The number of hydrogen-bond acceptors (Lipinski definition) is 6. The molecule has 1 aliphatic heterocycles. The van der Waals surface area contributed by atoms with Crippen molar-refractivity contribution in [2.24, 2.45) is 0 Å². The zero-order valence-corrected chi connectivity index (χ0v) is 15.1. The van der Waals surface area contributed by atoms with E-state index in [0.717, 1.165) is 25.7 Å². The molecule has 134 valence electrons. The lowest BCUT2D eigenvalue weighted by atomic mass is 9.93. The fourth-order valence-corrected chi connectivity index (χ4v) is 4.53. The van der Waals surface area contributed by atoms with Crippen molar-refractivity contribution in [1.29, 1.82) is 0 Å². The number of ketones is 2. The van der Waals surface area contributed by atoms with Gasteiger partial charge in [0.2, 0.25) is 11.6 Å². The van der Waals surface area contributed by atoms with Crippen LogP contribution in [-0.2, 0) is 24.2 Å². The van der Waals surface area contributed by atoms with Crippen molar-refractivity contribution in [3.63, 3.8) is 0 Å². The molecule has 0 aromatic heterocycles. The first-order valence-corrected chi connectivity index (χ1v) is 10.2. The lowest BCUT2D eigenvalue weighted by Crippen LogP contribution is -2.41. The first kappa shape index (κ1) is 18.7. The summed E-state index contributed by atoms with van der Waals surface area (Å²) < 4.78 is 29.4. The maximum atomic E-state index is 12.7. The number of Topliss-reactive ketones (excluding diaryl/α,β-unsaturated/α-hetero) is 2. The van der Waals surface area contributed by atoms with Gasteiger partial charge in [-0.3, -0.25) is 9.59 Å². The lowest BCUT2D eigenvalue weighted by Gasteiger charge is -2.26. The van der Waals surface area contributed by atoms with Gasteiger partial charge in [0.1, 0.15) is 10.6 Å². The van der Waals surface area contributed by atoms with E-state index in [4.69, 9.17) is 4.74 Å². The molecule has 0 spiro atoms. The molecule has 0 atom stereocenters. The summed E-state index contributed by atoms with van der Waals surface area (Å²) in [5, 5.41) is 2.79. The number of nitrogens with one attached hydrogen (secondary N) is 1. The molecular weight excluding hydrogens is 330 g/mol. The van der Waals surface area contributed by atoms with Gasteiger partial charge in [0.05, 0.1) is 12.9 Å². The average molecular weight is 355 g/mol. The molecule has 0 unspecified atom stereocenters. The highest BCUT2D eigenvalue weighted by Crippen LogP contribution is 2.32. The number of carbonyl (C=O) groups excluding carboxylic acids is 2. The van der Waals surface area contributed by atoms with Gasteiger partial charge in [-0.2, -0.15) is 0 Å². The van der Waals surface area contributed by atoms with E-state index in [-0.39, 0.29) is 23.8 Å². The zero-order chi connectivity index (χ0) is 17.7. The van der Waals surface area contributed by atoms with Crippen molar-refractivity contribution in [1.82, 2.24) is 5.32 Å². The van der Waals surface area contributed by atoms with Gasteiger partial charge in [-0.25, -0.2) is 8.42 Å². The lowest BCUT2D eigenvalue weighted by molar-refractivity contribution is -0.118. The van der Waals surface area contributed by atoms with Gasteiger partial charge < -0.3 is 10.1 Å². The summed E-state index contributed by atoms with van der Waals surface area (Å²) in [4.78, 5) is 24.7. The van der Waals surface area contributed by atoms with Gasteiger partial charge in [0.15, 0.2) is 15.6 Å². The summed E-state index contributed by atoms with van der Waals surface area (Å²) in [6.45, 7) is 2.30. The topological polar surface area (TPSA) is 89.5 Å². The minimum absolute atomic E-state index is 0.0759. The summed E-state index contributed by atoms with van der Waals surface area (Å²) in [6, 6.07) is 0. The monoisotopic (exact) mass is 355 g/mol. The fraction of sp³-hybridized carbons (Fsp3) is 0.647. The molecule has 0 amide bonds. The largest absolute Gasteiger partial charge is 0.492 e. The number of unbranched alkanes of at least 4 members (excludes halogenated alkanes) is 5. The molecule has 0 radical (unpaired) electrons. The van der Waals surface area contributed by atoms with E-state index in [2.05, 4.69) is 12.2 Å². The number of allylic oxidation sites excluding steroid dienone is 2. The van der Waals surface area contributed by atoms with E-state index in [0.29, 0.717) is 12.0 Å². The molecule has 0 aromatic rings. The third kappa shape index (κ3) is 3.71. The van der Waals surface area contributed by atoms with Gasteiger partial charge >= 0.3 is 0 Å². The van der Waals surface area contributed by atoms with Crippen molar-refractivity contribution < 1.29 is 22.7 Å². The third-order valence-corrected chi connectivity index (χ3v) is 6.14. The second-order valence-corrected chi connectivity index (χ2v) is 8.18. The van der Waals surface area contributed by atoms with E-state index in [1.807, 2.05) is 0 Å². The molecule has 1 aliphatic carbocycles. The molecule has 24 heavy (non-hydrogen) atoms. The Bertz CT molecular complexity index is 688. The van der Waals surface area contributed by atoms with E-state index >= 15 is 0 Å². The van der Waals surface area contributed by atoms with Crippen molar-refractivity contribution in [3.05, 3.63) is 21.9 Å². The standard InChI is InChI=1S/C17H25NO5S/c1-3-4-5-6-7-8-9-12-14(19)13-17(15(20)16(12)23-2)24(21,22)11-10-18-13/h18H,3-11H2,1-2H3.